The molecule has 0 radical (unpaired) electrons. The number of rotatable bonds is 8. The normalized spacial score (nSPS) is 16.3. The van der Waals surface area contributed by atoms with Crippen molar-refractivity contribution in [3.63, 3.8) is 0 Å². The van der Waals surface area contributed by atoms with Crippen LogP contribution in [0.15, 0.2) is 4.99 Å². The number of carboxylic acid groups (broad SMARTS) is 1. The number of nitrogens with zero attached hydrogens (tertiary/aromatic N) is 3. The van der Waals surface area contributed by atoms with E-state index in [1.807, 2.05) is 13.8 Å². The lowest BCUT2D eigenvalue weighted by Gasteiger charge is -2.23. The second kappa shape index (κ2) is 17.0. The van der Waals surface area contributed by atoms with E-state index in [1.54, 1.807) is 13.1 Å². The summed E-state index contributed by atoms with van der Waals surface area (Å²) in [5.74, 6) is 2.25. The smallest absolute Gasteiger partial charge is 0.310 e. The molecule has 8 nitrogen and oxygen atoms in total. The van der Waals surface area contributed by atoms with Gasteiger partial charge in [0.15, 0.2) is 11.4 Å². The van der Waals surface area contributed by atoms with Crippen molar-refractivity contribution in [1.82, 2.24) is 9.97 Å². The third-order valence-electron chi connectivity index (χ3n) is 5.68. The number of carbonyl (C=O) groups is 1. The van der Waals surface area contributed by atoms with Gasteiger partial charge in [0.05, 0.1) is 18.2 Å². The largest absolute Gasteiger partial charge is 0.481 e. The molecule has 1 aromatic heterocycles. The van der Waals surface area contributed by atoms with Crippen LogP contribution in [-0.4, -0.2) is 51.7 Å². The molecule has 4 N–H and O–H groups in total. The number of methoxy groups -OCH3 is 1. The van der Waals surface area contributed by atoms with Crippen LogP contribution < -0.4 is 5.73 Å². The highest BCUT2D eigenvalue weighted by molar-refractivity contribution is 5.71. The van der Waals surface area contributed by atoms with Crippen LogP contribution in [0.25, 0.3) is 0 Å². The van der Waals surface area contributed by atoms with Crippen molar-refractivity contribution in [1.29, 1.82) is 0 Å². The van der Waals surface area contributed by atoms with Gasteiger partial charge in [0.1, 0.15) is 5.69 Å². The Morgan fingerprint density at radius 1 is 1.38 bits per heavy atom. The lowest BCUT2D eigenvalue weighted by Crippen LogP contribution is -2.33. The molecule has 0 saturated heterocycles. The zero-order chi connectivity index (χ0) is 26.1. The number of aliphatic imine (C=N–C) groups is 1. The van der Waals surface area contributed by atoms with E-state index in [1.165, 1.54) is 13.5 Å². The SMILES string of the molecule is C#CC(CO)(CCC)OC.CCC(C)C=Nc1c(C)nc(F)nc1N.O=C(O)C1CCCCC1. The van der Waals surface area contributed by atoms with Gasteiger partial charge in [-0.1, -0.05) is 52.4 Å². The van der Waals surface area contributed by atoms with E-state index in [0.29, 0.717) is 23.7 Å². The predicted molar refractivity (Wildman–Crippen MR) is 134 cm³/mol. The van der Waals surface area contributed by atoms with Gasteiger partial charge in [-0.2, -0.15) is 9.37 Å². The molecular formula is C25H41FN4O4. The highest BCUT2D eigenvalue weighted by Crippen LogP contribution is 2.24. The molecule has 1 saturated carbocycles. The second-order valence-corrected chi connectivity index (χ2v) is 8.40. The van der Waals surface area contributed by atoms with Gasteiger partial charge in [0, 0.05) is 13.3 Å². The summed E-state index contributed by atoms with van der Waals surface area (Å²) in [6.45, 7) is 7.66. The van der Waals surface area contributed by atoms with Gasteiger partial charge in [-0.05, 0) is 38.5 Å². The van der Waals surface area contributed by atoms with Crippen LogP contribution in [0, 0.1) is 37.2 Å². The van der Waals surface area contributed by atoms with Crippen LogP contribution >= 0.6 is 0 Å². The molecule has 0 bridgehead atoms. The lowest BCUT2D eigenvalue weighted by atomic mass is 9.90. The number of hydrogen-bond donors (Lipinski definition) is 3. The number of halogens is 1. The molecule has 1 aromatic rings. The highest BCUT2D eigenvalue weighted by atomic mass is 19.1. The number of aliphatic carboxylic acids is 1. The molecule has 2 rings (SSSR count). The Labute approximate surface area is 203 Å². The summed E-state index contributed by atoms with van der Waals surface area (Å²) in [5, 5.41) is 17.4. The summed E-state index contributed by atoms with van der Waals surface area (Å²) in [4.78, 5) is 21.5. The fraction of sp³-hybridized carbons (Fsp3) is 0.680. The van der Waals surface area contributed by atoms with E-state index < -0.39 is 17.6 Å². The molecule has 2 atom stereocenters. The van der Waals surface area contributed by atoms with Crippen LogP contribution in [0.3, 0.4) is 0 Å². The summed E-state index contributed by atoms with van der Waals surface area (Å²) in [6.07, 6.45) is 14.0. The zero-order valence-electron chi connectivity index (χ0n) is 21.2. The first kappa shape index (κ1) is 31.4. The Hall–Kier alpha value is -2.57. The quantitative estimate of drug-likeness (QED) is 0.279. The van der Waals surface area contributed by atoms with E-state index in [0.717, 1.165) is 38.5 Å². The predicted octanol–water partition coefficient (Wildman–Crippen LogP) is 4.70. The van der Waals surface area contributed by atoms with Crippen molar-refractivity contribution in [3.05, 3.63) is 11.8 Å². The Kier molecular flexibility index (Phi) is 15.7. The van der Waals surface area contributed by atoms with Crippen molar-refractivity contribution in [2.45, 2.75) is 84.7 Å². The van der Waals surface area contributed by atoms with Crippen molar-refractivity contribution in [2.75, 3.05) is 19.5 Å². The maximum atomic E-state index is 12.7. The summed E-state index contributed by atoms with van der Waals surface area (Å²) >= 11 is 0. The molecule has 2 unspecified atom stereocenters. The minimum absolute atomic E-state index is 0.0289. The number of terminal acetylenes is 1. The van der Waals surface area contributed by atoms with Crippen molar-refractivity contribution < 1.29 is 24.1 Å². The minimum atomic E-state index is -0.813. The Morgan fingerprint density at radius 3 is 2.35 bits per heavy atom. The van der Waals surface area contributed by atoms with Gasteiger partial charge in [0.2, 0.25) is 0 Å². The number of aryl methyl sites for hydroxylation is 1. The van der Waals surface area contributed by atoms with Gasteiger partial charge in [-0.25, -0.2) is 4.98 Å². The van der Waals surface area contributed by atoms with Gasteiger partial charge < -0.3 is 20.7 Å². The number of hydrogen-bond acceptors (Lipinski definition) is 7. The number of nitrogens with two attached hydrogens (primary N) is 1. The fourth-order valence-corrected chi connectivity index (χ4v) is 3.20. The average molecular weight is 481 g/mol. The maximum Gasteiger partial charge on any atom is 0.310 e. The monoisotopic (exact) mass is 480 g/mol. The van der Waals surface area contributed by atoms with Crippen LogP contribution in [0.2, 0.25) is 0 Å². The van der Waals surface area contributed by atoms with Crippen molar-refractivity contribution >= 4 is 23.7 Å². The van der Waals surface area contributed by atoms with Gasteiger partial charge in [-0.15, -0.1) is 6.42 Å². The molecule has 0 spiro atoms. The first-order valence-corrected chi connectivity index (χ1v) is 11.8. The van der Waals surface area contributed by atoms with E-state index >= 15 is 0 Å². The zero-order valence-corrected chi connectivity index (χ0v) is 21.2. The minimum Gasteiger partial charge on any atom is -0.481 e. The van der Waals surface area contributed by atoms with E-state index in [4.69, 9.17) is 27.1 Å². The topological polar surface area (TPSA) is 131 Å². The Balaban J connectivity index is 0.000000503. The Morgan fingerprint density at radius 2 is 2.00 bits per heavy atom. The number of ether oxygens (including phenoxy) is 1. The van der Waals surface area contributed by atoms with Gasteiger partial charge in [0.25, 0.3) is 0 Å². The van der Waals surface area contributed by atoms with Crippen LogP contribution in [0.4, 0.5) is 15.9 Å². The molecule has 192 valence electrons. The molecular weight excluding hydrogens is 439 g/mol. The summed E-state index contributed by atoms with van der Waals surface area (Å²) in [5.41, 5.74) is 5.72. The van der Waals surface area contributed by atoms with E-state index in [-0.39, 0.29) is 18.3 Å². The molecule has 34 heavy (non-hydrogen) atoms. The third kappa shape index (κ3) is 11.5. The maximum absolute atomic E-state index is 12.7. The van der Waals surface area contributed by atoms with Gasteiger partial charge >= 0.3 is 12.0 Å². The number of nitrogen functional groups attached to an aromatic ring is 1. The van der Waals surface area contributed by atoms with Crippen LogP contribution in [0.1, 0.15) is 77.8 Å². The number of anilines is 1. The standard InChI is InChI=1S/C10H15FN4.C8H14O2.C7H12O2/c1-4-6(2)5-13-8-7(3)14-10(11)15-9(8)12;1-4-6-8(5-2,7-9)10-3;8-7(9)6-4-2-1-3-5-6/h5-6H,4H2,1-3H3,(H2,12,14,15);2,9H,4,6-7H2,1,3H3;6H,1-5H2,(H,8,9). The summed E-state index contributed by atoms with van der Waals surface area (Å²) in [7, 11) is 1.52. The molecule has 9 heteroatoms. The molecule has 0 amide bonds. The molecule has 0 aromatic carbocycles. The number of aromatic nitrogens is 2. The fourth-order valence-electron chi connectivity index (χ4n) is 3.20. The lowest BCUT2D eigenvalue weighted by molar-refractivity contribution is -0.142. The highest BCUT2D eigenvalue weighted by Gasteiger charge is 2.24. The Bertz CT molecular complexity index is 778. The number of carboxylic acids is 1. The van der Waals surface area contributed by atoms with Crippen molar-refractivity contribution in [3.8, 4) is 12.3 Å². The molecule has 1 aliphatic carbocycles. The van der Waals surface area contributed by atoms with E-state index in [9.17, 15) is 9.18 Å². The van der Waals surface area contributed by atoms with Crippen molar-refractivity contribution in [2.24, 2.45) is 16.8 Å². The molecule has 0 aliphatic heterocycles. The van der Waals surface area contributed by atoms with Crippen LogP contribution in [0.5, 0.6) is 0 Å². The molecule has 1 aliphatic rings. The third-order valence-corrected chi connectivity index (χ3v) is 5.68. The molecule has 1 fully saturated rings. The number of aliphatic hydroxyl groups is 1. The van der Waals surface area contributed by atoms with Crippen LogP contribution in [-0.2, 0) is 9.53 Å². The summed E-state index contributed by atoms with van der Waals surface area (Å²) in [6, 6.07) is 0. The molecule has 1 heterocycles. The average Bonchev–Trinajstić information content (AvgIpc) is 2.83. The summed E-state index contributed by atoms with van der Waals surface area (Å²) < 4.78 is 17.7. The second-order valence-electron chi connectivity index (χ2n) is 8.40. The number of aliphatic hydroxyl groups excluding tert-OH is 1. The first-order valence-electron chi connectivity index (χ1n) is 11.8. The first-order chi connectivity index (χ1) is 16.1. The van der Waals surface area contributed by atoms with E-state index in [2.05, 4.69) is 27.8 Å². The van der Waals surface area contributed by atoms with Gasteiger partial charge in [-0.3, -0.25) is 9.79 Å².